The van der Waals surface area contributed by atoms with E-state index in [2.05, 4.69) is 30.8 Å². The lowest BCUT2D eigenvalue weighted by atomic mass is 9.87. The van der Waals surface area contributed by atoms with Crippen LogP contribution in [0.2, 0.25) is 0 Å². The summed E-state index contributed by atoms with van der Waals surface area (Å²) in [7, 11) is -1.54. The first kappa shape index (κ1) is 18.6. The topological polar surface area (TPSA) is 58.2 Å². The van der Waals surface area contributed by atoms with Gasteiger partial charge in [-0.25, -0.2) is 13.1 Å². The Morgan fingerprint density at radius 2 is 2.00 bits per heavy atom. The Morgan fingerprint density at radius 1 is 1.29 bits per heavy atom. The largest absolute Gasteiger partial charge is 0.315 e. The summed E-state index contributed by atoms with van der Waals surface area (Å²) in [5.74, 6) is 0. The quantitative estimate of drug-likeness (QED) is 0.646. The highest BCUT2D eigenvalue weighted by atomic mass is 32.2. The molecule has 1 aromatic rings. The Labute approximate surface area is 133 Å². The second kappa shape index (κ2) is 8.27. The van der Waals surface area contributed by atoms with Crippen molar-refractivity contribution in [1.82, 2.24) is 10.0 Å². The van der Waals surface area contributed by atoms with Crippen molar-refractivity contribution in [3.63, 3.8) is 0 Å². The number of rotatable bonds is 10. The molecule has 0 atom stereocenters. The molecule has 1 aromatic heterocycles. The summed E-state index contributed by atoms with van der Waals surface area (Å²) < 4.78 is 27.4. The Kier molecular flexibility index (Phi) is 7.33. The fourth-order valence-electron chi connectivity index (χ4n) is 2.08. The van der Waals surface area contributed by atoms with Crippen molar-refractivity contribution in [3.05, 3.63) is 16.3 Å². The van der Waals surface area contributed by atoms with Crippen LogP contribution in [0.3, 0.4) is 0 Å². The first-order chi connectivity index (χ1) is 9.80. The van der Waals surface area contributed by atoms with Gasteiger partial charge in [-0.1, -0.05) is 40.0 Å². The number of unbranched alkanes of at least 4 members (excludes halogenated alkanes) is 2. The monoisotopic (exact) mass is 332 g/mol. The lowest BCUT2D eigenvalue weighted by Crippen LogP contribution is -2.33. The van der Waals surface area contributed by atoms with Gasteiger partial charge < -0.3 is 5.32 Å². The Balaban J connectivity index is 2.59. The number of hydrogen-bond donors (Lipinski definition) is 2. The second-order valence-corrected chi connectivity index (χ2v) is 8.99. The molecular weight excluding hydrogens is 304 g/mol. The minimum Gasteiger partial charge on any atom is -0.315 e. The molecule has 0 aliphatic rings. The summed E-state index contributed by atoms with van der Waals surface area (Å²) in [4.78, 5) is 1.40. The van der Waals surface area contributed by atoms with E-state index in [0.29, 0.717) is 18.0 Å². The zero-order chi connectivity index (χ0) is 15.9. The summed E-state index contributed by atoms with van der Waals surface area (Å²) >= 11 is 1.47. The van der Waals surface area contributed by atoms with Gasteiger partial charge in [0.1, 0.15) is 0 Å². The number of nitrogens with one attached hydrogen (secondary N) is 2. The highest BCUT2D eigenvalue weighted by Gasteiger charge is 2.22. The van der Waals surface area contributed by atoms with Crippen molar-refractivity contribution in [3.8, 4) is 0 Å². The lowest BCUT2D eigenvalue weighted by molar-refractivity contribution is 0.320. The molecule has 21 heavy (non-hydrogen) atoms. The van der Waals surface area contributed by atoms with Crippen LogP contribution in [0.4, 0.5) is 0 Å². The van der Waals surface area contributed by atoms with Gasteiger partial charge in [0.2, 0.25) is 10.0 Å². The molecule has 0 fully saturated rings. The third-order valence-electron chi connectivity index (χ3n) is 3.49. The maximum absolute atomic E-state index is 12.3. The van der Waals surface area contributed by atoms with Crippen molar-refractivity contribution in [2.24, 2.45) is 5.41 Å². The molecule has 0 aliphatic heterocycles. The highest BCUT2D eigenvalue weighted by molar-refractivity contribution is 7.89. The van der Waals surface area contributed by atoms with E-state index in [-0.39, 0.29) is 5.41 Å². The van der Waals surface area contributed by atoms with E-state index in [4.69, 9.17) is 0 Å². The summed E-state index contributed by atoms with van der Waals surface area (Å²) in [6.07, 6.45) is 4.58. The summed E-state index contributed by atoms with van der Waals surface area (Å²) in [6, 6.07) is 1.74. The molecule has 0 radical (unpaired) electrons. The lowest BCUT2D eigenvalue weighted by Gasteiger charge is -2.24. The normalized spacial score (nSPS) is 12.8. The van der Waals surface area contributed by atoms with Gasteiger partial charge in [-0.3, -0.25) is 0 Å². The molecule has 0 aromatic carbocycles. The molecule has 0 saturated carbocycles. The van der Waals surface area contributed by atoms with E-state index in [1.807, 2.05) is 7.05 Å². The maximum Gasteiger partial charge on any atom is 0.241 e. The Bertz CT molecular complexity index is 522. The summed E-state index contributed by atoms with van der Waals surface area (Å²) in [5, 5.41) is 4.74. The average molecular weight is 333 g/mol. The molecule has 0 amide bonds. The standard InChI is InChI=1S/C15H28N2O2S2/c1-5-6-7-8-15(2,3)12-17-21(18,19)14-9-13(10-16-4)20-11-14/h9,11,16-17H,5-8,10,12H2,1-4H3. The van der Waals surface area contributed by atoms with E-state index in [9.17, 15) is 8.42 Å². The zero-order valence-electron chi connectivity index (χ0n) is 13.5. The van der Waals surface area contributed by atoms with Crippen LogP contribution < -0.4 is 10.0 Å². The van der Waals surface area contributed by atoms with Crippen LogP contribution in [0.1, 0.15) is 51.3 Å². The van der Waals surface area contributed by atoms with E-state index >= 15 is 0 Å². The molecule has 0 bridgehead atoms. The second-order valence-electron chi connectivity index (χ2n) is 6.22. The minimum atomic E-state index is -3.39. The summed E-state index contributed by atoms with van der Waals surface area (Å²) in [6.45, 7) is 7.59. The fraction of sp³-hybridized carbons (Fsp3) is 0.733. The fourth-order valence-corrected chi connectivity index (χ4v) is 4.61. The molecule has 2 N–H and O–H groups in total. The van der Waals surface area contributed by atoms with Crippen molar-refractivity contribution >= 4 is 21.4 Å². The Morgan fingerprint density at radius 3 is 2.62 bits per heavy atom. The predicted molar refractivity (Wildman–Crippen MR) is 90.2 cm³/mol. The van der Waals surface area contributed by atoms with Crippen LogP contribution in [0.15, 0.2) is 16.3 Å². The molecule has 6 heteroatoms. The van der Waals surface area contributed by atoms with E-state index < -0.39 is 10.0 Å². The third-order valence-corrected chi connectivity index (χ3v) is 5.96. The van der Waals surface area contributed by atoms with Crippen LogP contribution >= 0.6 is 11.3 Å². The number of thiophene rings is 1. The molecule has 4 nitrogen and oxygen atoms in total. The van der Waals surface area contributed by atoms with Crippen LogP contribution in [-0.4, -0.2) is 22.0 Å². The van der Waals surface area contributed by atoms with Crippen LogP contribution in [0, 0.1) is 5.41 Å². The van der Waals surface area contributed by atoms with Crippen molar-refractivity contribution in [2.45, 2.75) is 57.9 Å². The molecule has 0 saturated heterocycles. The number of sulfonamides is 1. The molecule has 0 aliphatic carbocycles. The Hall–Kier alpha value is -0.430. The van der Waals surface area contributed by atoms with E-state index in [1.165, 1.54) is 24.2 Å². The van der Waals surface area contributed by atoms with Gasteiger partial charge in [0.25, 0.3) is 0 Å². The first-order valence-electron chi connectivity index (χ1n) is 7.52. The first-order valence-corrected chi connectivity index (χ1v) is 9.89. The average Bonchev–Trinajstić information content (AvgIpc) is 2.87. The third kappa shape index (κ3) is 6.46. The van der Waals surface area contributed by atoms with Crippen LogP contribution in [-0.2, 0) is 16.6 Å². The van der Waals surface area contributed by atoms with E-state index in [1.54, 1.807) is 11.4 Å². The summed E-state index contributed by atoms with van der Waals surface area (Å²) in [5.41, 5.74) is -0.00787. The van der Waals surface area contributed by atoms with E-state index in [0.717, 1.165) is 17.7 Å². The van der Waals surface area contributed by atoms with Crippen molar-refractivity contribution in [2.75, 3.05) is 13.6 Å². The molecule has 122 valence electrons. The van der Waals surface area contributed by atoms with Gasteiger partial charge in [-0.15, -0.1) is 11.3 Å². The maximum atomic E-state index is 12.3. The van der Waals surface area contributed by atoms with Crippen LogP contribution in [0.5, 0.6) is 0 Å². The SMILES string of the molecule is CCCCCC(C)(C)CNS(=O)(=O)c1csc(CNC)c1. The zero-order valence-corrected chi connectivity index (χ0v) is 15.2. The predicted octanol–water partition coefficient (Wildman–Crippen LogP) is 3.35. The van der Waals surface area contributed by atoms with Gasteiger partial charge in [0, 0.05) is 23.3 Å². The van der Waals surface area contributed by atoms with Gasteiger partial charge in [-0.2, -0.15) is 0 Å². The molecule has 1 heterocycles. The van der Waals surface area contributed by atoms with Gasteiger partial charge in [0.05, 0.1) is 4.90 Å². The number of hydrogen-bond acceptors (Lipinski definition) is 4. The van der Waals surface area contributed by atoms with Gasteiger partial charge in [0.15, 0.2) is 0 Å². The smallest absolute Gasteiger partial charge is 0.241 e. The highest BCUT2D eigenvalue weighted by Crippen LogP contribution is 2.24. The van der Waals surface area contributed by atoms with Gasteiger partial charge >= 0.3 is 0 Å². The molecule has 0 unspecified atom stereocenters. The molecule has 0 spiro atoms. The van der Waals surface area contributed by atoms with Gasteiger partial charge in [-0.05, 0) is 24.9 Å². The van der Waals surface area contributed by atoms with Crippen molar-refractivity contribution in [1.29, 1.82) is 0 Å². The van der Waals surface area contributed by atoms with Crippen LogP contribution in [0.25, 0.3) is 0 Å². The minimum absolute atomic E-state index is 0.00787. The molecular formula is C15H28N2O2S2. The van der Waals surface area contributed by atoms with Crippen molar-refractivity contribution < 1.29 is 8.42 Å². The molecule has 1 rings (SSSR count).